The van der Waals surface area contributed by atoms with E-state index in [4.69, 9.17) is 5.73 Å². The number of benzene rings is 1. The van der Waals surface area contributed by atoms with Gasteiger partial charge in [0, 0.05) is 0 Å². The van der Waals surface area contributed by atoms with Crippen molar-refractivity contribution in [3.63, 3.8) is 0 Å². The number of halogens is 6. The van der Waals surface area contributed by atoms with Gasteiger partial charge in [-0.05, 0) is 24.6 Å². The fraction of sp³-hybridized carbons (Fsp3) is 0.417. The summed E-state index contributed by atoms with van der Waals surface area (Å²) in [4.78, 5) is 11.1. The molecule has 3 nitrogen and oxygen atoms in total. The molecule has 2 N–H and O–H groups in total. The highest BCUT2D eigenvalue weighted by Crippen LogP contribution is 2.33. The van der Waals surface area contributed by atoms with Gasteiger partial charge >= 0.3 is 18.1 Å². The largest absolute Gasteiger partial charge is 0.462 e. The van der Waals surface area contributed by atoms with Gasteiger partial charge in [-0.25, -0.2) is 4.79 Å². The standard InChI is InChI=1S/C12H12F5NO2.ClH/c1-2-20-10(19)11(13,14)9(18)7-3-5-8(6-4-7)12(15,16)17;/h3-6,9H,2,18H2,1H3;1H/t9-;/m0./s1. The maximum atomic E-state index is 13.6. The summed E-state index contributed by atoms with van der Waals surface area (Å²) in [6.07, 6.45) is -4.58. The smallest absolute Gasteiger partial charge is 0.416 e. The second kappa shape index (κ2) is 7.04. The Morgan fingerprint density at radius 3 is 2.05 bits per heavy atom. The Balaban J connectivity index is 0.00000400. The fourth-order valence-corrected chi connectivity index (χ4v) is 1.44. The summed E-state index contributed by atoms with van der Waals surface area (Å²) < 4.78 is 68.4. The van der Waals surface area contributed by atoms with Crippen molar-refractivity contribution in [1.82, 2.24) is 0 Å². The van der Waals surface area contributed by atoms with E-state index < -0.39 is 29.7 Å². The summed E-state index contributed by atoms with van der Waals surface area (Å²) in [5, 5.41) is 0. The quantitative estimate of drug-likeness (QED) is 0.679. The number of rotatable bonds is 4. The van der Waals surface area contributed by atoms with E-state index >= 15 is 0 Å². The molecule has 21 heavy (non-hydrogen) atoms. The highest BCUT2D eigenvalue weighted by Gasteiger charge is 2.47. The molecule has 0 radical (unpaired) electrons. The van der Waals surface area contributed by atoms with Crippen LogP contribution in [0.1, 0.15) is 24.1 Å². The maximum Gasteiger partial charge on any atom is 0.416 e. The van der Waals surface area contributed by atoms with Crippen LogP contribution in [0.2, 0.25) is 0 Å². The van der Waals surface area contributed by atoms with Crippen molar-refractivity contribution in [2.24, 2.45) is 5.73 Å². The zero-order chi connectivity index (χ0) is 15.6. The number of hydrogen-bond donors (Lipinski definition) is 1. The van der Waals surface area contributed by atoms with Gasteiger partial charge in [-0.1, -0.05) is 12.1 Å². The van der Waals surface area contributed by atoms with Gasteiger partial charge in [-0.2, -0.15) is 22.0 Å². The van der Waals surface area contributed by atoms with Crippen molar-refractivity contribution in [3.8, 4) is 0 Å². The predicted octanol–water partition coefficient (Wildman–Crippen LogP) is 3.33. The first-order valence-electron chi connectivity index (χ1n) is 5.58. The molecule has 1 aromatic carbocycles. The summed E-state index contributed by atoms with van der Waals surface area (Å²) in [5.74, 6) is -5.83. The third-order valence-electron chi connectivity index (χ3n) is 2.54. The fourth-order valence-electron chi connectivity index (χ4n) is 1.44. The number of hydrogen-bond acceptors (Lipinski definition) is 3. The van der Waals surface area contributed by atoms with Crippen LogP contribution in [-0.2, 0) is 15.7 Å². The van der Waals surface area contributed by atoms with E-state index in [0.29, 0.717) is 12.1 Å². The molecule has 0 saturated carbocycles. The molecule has 0 bridgehead atoms. The third kappa shape index (κ3) is 4.53. The van der Waals surface area contributed by atoms with E-state index in [-0.39, 0.29) is 24.6 Å². The van der Waals surface area contributed by atoms with Crippen LogP contribution >= 0.6 is 12.4 Å². The first-order chi connectivity index (χ1) is 9.10. The molecule has 0 aliphatic carbocycles. The molecular weight excluding hydrogens is 321 g/mol. The van der Waals surface area contributed by atoms with E-state index in [1.807, 2.05) is 0 Å². The van der Waals surface area contributed by atoms with Crippen LogP contribution in [0.15, 0.2) is 24.3 Å². The van der Waals surface area contributed by atoms with Crippen LogP contribution in [0.5, 0.6) is 0 Å². The highest BCUT2D eigenvalue weighted by molar-refractivity contribution is 5.85. The molecule has 1 atom stereocenters. The first kappa shape index (κ1) is 19.6. The summed E-state index contributed by atoms with van der Waals surface area (Å²) in [5.41, 5.74) is 3.94. The molecule has 9 heteroatoms. The van der Waals surface area contributed by atoms with Crippen molar-refractivity contribution in [1.29, 1.82) is 0 Å². The van der Waals surface area contributed by atoms with Gasteiger partial charge in [0.1, 0.15) is 6.04 Å². The van der Waals surface area contributed by atoms with Gasteiger partial charge in [0.15, 0.2) is 0 Å². The van der Waals surface area contributed by atoms with Gasteiger partial charge in [-0.3, -0.25) is 0 Å². The van der Waals surface area contributed by atoms with Crippen LogP contribution < -0.4 is 5.73 Å². The van der Waals surface area contributed by atoms with E-state index in [0.717, 1.165) is 12.1 Å². The summed E-state index contributed by atoms with van der Waals surface area (Å²) in [7, 11) is 0. The van der Waals surface area contributed by atoms with Gasteiger partial charge in [-0.15, -0.1) is 12.4 Å². The normalized spacial score (nSPS) is 13.3. The van der Waals surface area contributed by atoms with Gasteiger partial charge in [0.2, 0.25) is 0 Å². The monoisotopic (exact) mass is 333 g/mol. The summed E-state index contributed by atoms with van der Waals surface area (Å²) in [6.45, 7) is 1.09. The molecule has 1 rings (SSSR count). The molecule has 0 aliphatic heterocycles. The van der Waals surface area contributed by atoms with Gasteiger partial charge < -0.3 is 10.5 Å². The first-order valence-corrected chi connectivity index (χ1v) is 5.58. The topological polar surface area (TPSA) is 52.3 Å². The number of carbonyl (C=O) groups excluding carboxylic acids is 1. The number of ether oxygens (including phenoxy) is 1. The minimum absolute atomic E-state index is 0. The predicted molar refractivity (Wildman–Crippen MR) is 67.2 cm³/mol. The second-order valence-electron chi connectivity index (χ2n) is 3.94. The lowest BCUT2D eigenvalue weighted by atomic mass is 10.00. The van der Waals surface area contributed by atoms with Crippen LogP contribution in [0.4, 0.5) is 22.0 Å². The minimum atomic E-state index is -4.58. The Hall–Kier alpha value is -1.41. The Morgan fingerprint density at radius 1 is 1.19 bits per heavy atom. The van der Waals surface area contributed by atoms with E-state index in [9.17, 15) is 26.7 Å². The molecule has 0 heterocycles. The Labute approximate surface area is 123 Å². The third-order valence-corrected chi connectivity index (χ3v) is 2.54. The molecule has 0 fully saturated rings. The molecule has 120 valence electrons. The highest BCUT2D eigenvalue weighted by atomic mass is 35.5. The van der Waals surface area contributed by atoms with Gasteiger partial charge in [0.05, 0.1) is 12.2 Å². The number of esters is 1. The molecule has 1 aromatic rings. The average Bonchev–Trinajstić information content (AvgIpc) is 2.37. The van der Waals surface area contributed by atoms with Crippen LogP contribution in [0.3, 0.4) is 0 Å². The minimum Gasteiger partial charge on any atom is -0.462 e. The zero-order valence-corrected chi connectivity index (χ0v) is 11.6. The van der Waals surface area contributed by atoms with E-state index in [1.54, 1.807) is 0 Å². The molecule has 0 amide bonds. The lowest BCUT2D eigenvalue weighted by Gasteiger charge is -2.22. The second-order valence-corrected chi connectivity index (χ2v) is 3.94. The number of nitrogens with two attached hydrogens (primary N) is 1. The SMILES string of the molecule is CCOC(=O)C(F)(F)[C@@H](N)c1ccc(C(F)(F)F)cc1.Cl. The van der Waals surface area contributed by atoms with Crippen LogP contribution in [0, 0.1) is 0 Å². The van der Waals surface area contributed by atoms with Crippen LogP contribution in [-0.4, -0.2) is 18.5 Å². The number of carbonyl (C=O) groups is 1. The zero-order valence-electron chi connectivity index (χ0n) is 10.8. The molecular formula is C12H13ClF5NO2. The summed E-state index contributed by atoms with van der Waals surface area (Å²) >= 11 is 0. The number of alkyl halides is 5. The molecule has 0 aliphatic rings. The molecule has 0 saturated heterocycles. The van der Waals surface area contributed by atoms with Gasteiger partial charge in [0.25, 0.3) is 0 Å². The van der Waals surface area contributed by atoms with E-state index in [2.05, 4.69) is 4.74 Å². The lowest BCUT2D eigenvalue weighted by molar-refractivity contribution is -0.174. The van der Waals surface area contributed by atoms with Crippen molar-refractivity contribution < 1.29 is 31.5 Å². The Bertz CT molecular complexity index is 476. The Kier molecular flexibility index (Phi) is 6.56. The van der Waals surface area contributed by atoms with Crippen molar-refractivity contribution in [2.75, 3.05) is 6.61 Å². The Morgan fingerprint density at radius 2 is 1.67 bits per heavy atom. The van der Waals surface area contributed by atoms with Crippen molar-refractivity contribution in [2.45, 2.75) is 25.1 Å². The molecule has 0 aromatic heterocycles. The van der Waals surface area contributed by atoms with Crippen molar-refractivity contribution >= 4 is 18.4 Å². The van der Waals surface area contributed by atoms with Crippen LogP contribution in [0.25, 0.3) is 0 Å². The van der Waals surface area contributed by atoms with Crippen molar-refractivity contribution in [3.05, 3.63) is 35.4 Å². The summed E-state index contributed by atoms with van der Waals surface area (Å²) in [6, 6.07) is 0.775. The maximum absolute atomic E-state index is 13.6. The average molecular weight is 334 g/mol. The molecule has 0 spiro atoms. The lowest BCUT2D eigenvalue weighted by Crippen LogP contribution is -2.41. The van der Waals surface area contributed by atoms with E-state index in [1.165, 1.54) is 6.92 Å². The molecule has 0 unspecified atom stereocenters.